The second-order valence-electron chi connectivity index (χ2n) is 6.03. The Morgan fingerprint density at radius 3 is 2.90 bits per heavy atom. The van der Waals surface area contributed by atoms with E-state index in [1.165, 1.54) is 12.5 Å². The molecular weight excluding hydrogens is 321 g/mol. The van der Waals surface area contributed by atoms with E-state index in [9.17, 15) is 4.39 Å². The Kier molecular flexibility index (Phi) is 5.21. The second kappa shape index (κ2) is 6.54. The van der Waals surface area contributed by atoms with Crippen molar-refractivity contribution in [1.29, 1.82) is 0 Å². The Hall–Kier alpha value is -0.450. The molecule has 4 heteroatoms. The molecule has 0 bridgehead atoms. The highest BCUT2D eigenvalue weighted by Gasteiger charge is 2.40. The zero-order valence-corrected chi connectivity index (χ0v) is 13.7. The lowest BCUT2D eigenvalue weighted by molar-refractivity contribution is -0.0705. The highest BCUT2D eigenvalue weighted by Crippen LogP contribution is 2.37. The van der Waals surface area contributed by atoms with Gasteiger partial charge in [-0.25, -0.2) is 4.39 Å². The summed E-state index contributed by atoms with van der Waals surface area (Å²) in [6.07, 6.45) is 5.14. The number of hydrogen-bond acceptors (Lipinski definition) is 2. The Morgan fingerprint density at radius 2 is 2.30 bits per heavy atom. The SMILES string of the molecule is COC1(C(N)Cc2ccc(F)c(Br)c2)CCCC(C)C1. The molecule has 0 saturated heterocycles. The quantitative estimate of drug-likeness (QED) is 0.894. The summed E-state index contributed by atoms with van der Waals surface area (Å²) in [4.78, 5) is 0. The van der Waals surface area contributed by atoms with Crippen molar-refractivity contribution in [3.8, 4) is 0 Å². The standard InChI is InChI=1S/C16H23BrFNO/c1-11-4-3-7-16(10-11,20-2)15(19)9-12-5-6-14(18)13(17)8-12/h5-6,8,11,15H,3-4,7,9-10,19H2,1-2H3. The van der Waals surface area contributed by atoms with Crippen LogP contribution < -0.4 is 5.73 Å². The first kappa shape index (κ1) is 15.9. The van der Waals surface area contributed by atoms with Crippen molar-refractivity contribution in [3.63, 3.8) is 0 Å². The van der Waals surface area contributed by atoms with Crippen LogP contribution in [0.3, 0.4) is 0 Å². The molecule has 2 nitrogen and oxygen atoms in total. The largest absolute Gasteiger partial charge is 0.377 e. The first-order valence-electron chi connectivity index (χ1n) is 7.21. The predicted molar refractivity (Wildman–Crippen MR) is 83.2 cm³/mol. The van der Waals surface area contributed by atoms with Crippen molar-refractivity contribution in [2.45, 2.75) is 50.7 Å². The smallest absolute Gasteiger partial charge is 0.137 e. The van der Waals surface area contributed by atoms with Gasteiger partial charge in [0.1, 0.15) is 5.82 Å². The van der Waals surface area contributed by atoms with Gasteiger partial charge in [0, 0.05) is 13.2 Å². The molecule has 0 radical (unpaired) electrons. The lowest BCUT2D eigenvalue weighted by Gasteiger charge is -2.43. The van der Waals surface area contributed by atoms with E-state index in [0.29, 0.717) is 16.8 Å². The molecule has 1 fully saturated rings. The molecular formula is C16H23BrFNO. The van der Waals surface area contributed by atoms with E-state index in [0.717, 1.165) is 24.8 Å². The average molecular weight is 344 g/mol. The fourth-order valence-corrected chi connectivity index (χ4v) is 3.75. The van der Waals surface area contributed by atoms with Crippen molar-refractivity contribution in [1.82, 2.24) is 0 Å². The molecule has 0 spiro atoms. The molecule has 0 amide bonds. The van der Waals surface area contributed by atoms with Gasteiger partial charge < -0.3 is 10.5 Å². The molecule has 0 heterocycles. The van der Waals surface area contributed by atoms with E-state index in [1.807, 2.05) is 6.07 Å². The number of rotatable bonds is 4. The molecule has 1 saturated carbocycles. The molecule has 1 aromatic carbocycles. The van der Waals surface area contributed by atoms with Gasteiger partial charge in [0.25, 0.3) is 0 Å². The summed E-state index contributed by atoms with van der Waals surface area (Å²) in [7, 11) is 1.76. The fourth-order valence-electron chi connectivity index (χ4n) is 3.32. The van der Waals surface area contributed by atoms with Gasteiger partial charge in [-0.1, -0.05) is 25.8 Å². The van der Waals surface area contributed by atoms with Crippen molar-refractivity contribution < 1.29 is 9.13 Å². The molecule has 1 aliphatic rings. The molecule has 0 aromatic heterocycles. The first-order valence-corrected chi connectivity index (χ1v) is 8.01. The Labute approximate surface area is 129 Å². The Bertz CT molecular complexity index is 468. The van der Waals surface area contributed by atoms with Crippen LogP contribution in [0.5, 0.6) is 0 Å². The van der Waals surface area contributed by atoms with Gasteiger partial charge in [0.2, 0.25) is 0 Å². The predicted octanol–water partition coefficient (Wildman–Crippen LogP) is 4.05. The van der Waals surface area contributed by atoms with Crippen LogP contribution >= 0.6 is 15.9 Å². The van der Waals surface area contributed by atoms with Gasteiger partial charge in [-0.05, 0) is 58.8 Å². The zero-order valence-electron chi connectivity index (χ0n) is 12.2. The summed E-state index contributed by atoms with van der Waals surface area (Å²) in [6.45, 7) is 2.26. The molecule has 2 N–H and O–H groups in total. The third kappa shape index (κ3) is 3.41. The van der Waals surface area contributed by atoms with Crippen LogP contribution in [0.2, 0.25) is 0 Å². The van der Waals surface area contributed by atoms with Gasteiger partial charge in [0.05, 0.1) is 10.1 Å². The highest BCUT2D eigenvalue weighted by molar-refractivity contribution is 9.10. The van der Waals surface area contributed by atoms with Gasteiger partial charge in [-0.3, -0.25) is 0 Å². The molecule has 0 aliphatic heterocycles. The number of methoxy groups -OCH3 is 1. The third-order valence-corrected chi connectivity index (χ3v) is 5.12. The van der Waals surface area contributed by atoms with Crippen molar-refractivity contribution in [2.75, 3.05) is 7.11 Å². The van der Waals surface area contributed by atoms with E-state index >= 15 is 0 Å². The van der Waals surface area contributed by atoms with Gasteiger partial charge in [-0.15, -0.1) is 0 Å². The number of ether oxygens (including phenoxy) is 1. The van der Waals surface area contributed by atoms with Crippen LogP contribution in [-0.2, 0) is 11.2 Å². The fraction of sp³-hybridized carbons (Fsp3) is 0.625. The summed E-state index contributed by atoms with van der Waals surface area (Å²) in [6, 6.07) is 5.03. The van der Waals surface area contributed by atoms with Crippen LogP contribution in [0.25, 0.3) is 0 Å². The normalized spacial score (nSPS) is 28.4. The summed E-state index contributed by atoms with van der Waals surface area (Å²) in [5, 5.41) is 0. The maximum absolute atomic E-state index is 13.3. The highest BCUT2D eigenvalue weighted by atomic mass is 79.9. The minimum Gasteiger partial charge on any atom is -0.377 e. The van der Waals surface area contributed by atoms with Crippen LogP contribution in [0.15, 0.2) is 22.7 Å². The third-order valence-electron chi connectivity index (χ3n) is 4.51. The Morgan fingerprint density at radius 1 is 1.55 bits per heavy atom. The summed E-state index contributed by atoms with van der Waals surface area (Å²) < 4.78 is 19.6. The van der Waals surface area contributed by atoms with Crippen molar-refractivity contribution >= 4 is 15.9 Å². The summed E-state index contributed by atoms with van der Waals surface area (Å²) in [5.74, 6) is 0.407. The zero-order chi connectivity index (χ0) is 14.8. The van der Waals surface area contributed by atoms with E-state index in [-0.39, 0.29) is 17.5 Å². The second-order valence-corrected chi connectivity index (χ2v) is 6.88. The van der Waals surface area contributed by atoms with Gasteiger partial charge in [0.15, 0.2) is 0 Å². The molecule has 1 aromatic rings. The van der Waals surface area contributed by atoms with Gasteiger partial charge in [-0.2, -0.15) is 0 Å². The number of hydrogen-bond donors (Lipinski definition) is 1. The molecule has 2 rings (SSSR count). The number of nitrogens with two attached hydrogens (primary N) is 1. The summed E-state index contributed by atoms with van der Waals surface area (Å²) >= 11 is 3.22. The molecule has 112 valence electrons. The maximum atomic E-state index is 13.3. The van der Waals surface area contributed by atoms with E-state index in [4.69, 9.17) is 10.5 Å². The average Bonchev–Trinajstić information content (AvgIpc) is 2.42. The topological polar surface area (TPSA) is 35.2 Å². The van der Waals surface area contributed by atoms with Crippen LogP contribution in [0.1, 0.15) is 38.2 Å². The van der Waals surface area contributed by atoms with Crippen LogP contribution in [0, 0.1) is 11.7 Å². The lowest BCUT2D eigenvalue weighted by atomic mass is 9.73. The Balaban J connectivity index is 2.12. The first-order chi connectivity index (χ1) is 9.47. The molecule has 20 heavy (non-hydrogen) atoms. The number of halogens is 2. The molecule has 3 atom stereocenters. The van der Waals surface area contributed by atoms with Crippen molar-refractivity contribution in [3.05, 3.63) is 34.1 Å². The van der Waals surface area contributed by atoms with Crippen molar-refractivity contribution in [2.24, 2.45) is 11.7 Å². The maximum Gasteiger partial charge on any atom is 0.137 e. The molecule has 3 unspecified atom stereocenters. The van der Waals surface area contributed by atoms with Crippen LogP contribution in [0.4, 0.5) is 4.39 Å². The minimum atomic E-state index is -0.241. The summed E-state index contributed by atoms with van der Waals surface area (Å²) in [5.41, 5.74) is 7.25. The van der Waals surface area contributed by atoms with Crippen LogP contribution in [-0.4, -0.2) is 18.8 Å². The van der Waals surface area contributed by atoms with E-state index < -0.39 is 0 Å². The monoisotopic (exact) mass is 343 g/mol. The van der Waals surface area contributed by atoms with E-state index in [2.05, 4.69) is 22.9 Å². The lowest BCUT2D eigenvalue weighted by Crippen LogP contribution is -2.53. The molecule has 1 aliphatic carbocycles. The van der Waals surface area contributed by atoms with Gasteiger partial charge >= 0.3 is 0 Å². The number of benzene rings is 1. The minimum absolute atomic E-state index is 0.0624. The van der Waals surface area contributed by atoms with E-state index in [1.54, 1.807) is 13.2 Å².